The highest BCUT2D eigenvalue weighted by molar-refractivity contribution is 5.91. The first-order valence-electron chi connectivity index (χ1n) is 12.0. The van der Waals surface area contributed by atoms with E-state index >= 15 is 0 Å². The molecule has 0 unspecified atom stereocenters. The van der Waals surface area contributed by atoms with Gasteiger partial charge in [0.25, 0.3) is 5.91 Å². The number of rotatable bonds is 10. The molecule has 6 nitrogen and oxygen atoms in total. The minimum Gasteiger partial charge on any atom is -0.452 e. The van der Waals surface area contributed by atoms with Crippen LogP contribution in [0.4, 0.5) is 0 Å². The molecule has 3 aromatic carbocycles. The lowest BCUT2D eigenvalue weighted by Crippen LogP contribution is -2.35. The van der Waals surface area contributed by atoms with E-state index in [0.29, 0.717) is 38.0 Å². The van der Waals surface area contributed by atoms with Gasteiger partial charge in [-0.3, -0.25) is 9.59 Å². The van der Waals surface area contributed by atoms with Gasteiger partial charge < -0.3 is 14.5 Å². The van der Waals surface area contributed by atoms with Gasteiger partial charge in [-0.05, 0) is 41.7 Å². The second kappa shape index (κ2) is 12.0. The Morgan fingerprint density at radius 1 is 0.857 bits per heavy atom. The van der Waals surface area contributed by atoms with Crippen LogP contribution in [0.1, 0.15) is 39.9 Å². The summed E-state index contributed by atoms with van der Waals surface area (Å²) in [6, 6.07) is 26.8. The molecule has 1 aliphatic rings. The van der Waals surface area contributed by atoms with Crippen LogP contribution in [0.15, 0.2) is 84.9 Å². The van der Waals surface area contributed by atoms with E-state index in [1.165, 1.54) is 0 Å². The first-order chi connectivity index (χ1) is 17.1. The highest BCUT2D eigenvalue weighted by Crippen LogP contribution is 2.16. The highest BCUT2D eigenvalue weighted by atomic mass is 16.5. The van der Waals surface area contributed by atoms with E-state index in [2.05, 4.69) is 0 Å². The average molecular weight is 471 g/mol. The van der Waals surface area contributed by atoms with Gasteiger partial charge in [0.05, 0.1) is 5.56 Å². The zero-order chi connectivity index (χ0) is 24.5. The topological polar surface area (TPSA) is 66.9 Å². The molecule has 1 heterocycles. The van der Waals surface area contributed by atoms with E-state index in [1.54, 1.807) is 28.0 Å². The Labute approximate surface area is 206 Å². The molecule has 0 saturated carbocycles. The molecule has 1 aliphatic heterocycles. The number of esters is 1. The fraction of sp³-hybridized carbons (Fsp3) is 0.276. The maximum Gasteiger partial charge on any atom is 0.338 e. The summed E-state index contributed by atoms with van der Waals surface area (Å²) in [6.07, 6.45) is 2.16. The highest BCUT2D eigenvalue weighted by Gasteiger charge is 2.21. The van der Waals surface area contributed by atoms with Crippen LogP contribution >= 0.6 is 0 Å². The van der Waals surface area contributed by atoms with Crippen LogP contribution in [0.2, 0.25) is 0 Å². The number of ether oxygens (including phenoxy) is 1. The molecule has 35 heavy (non-hydrogen) atoms. The third-order valence-corrected chi connectivity index (χ3v) is 6.12. The van der Waals surface area contributed by atoms with Gasteiger partial charge in [0.1, 0.15) is 0 Å². The van der Waals surface area contributed by atoms with Crippen molar-refractivity contribution in [3.8, 4) is 0 Å². The molecule has 0 bridgehead atoms. The van der Waals surface area contributed by atoms with Crippen LogP contribution < -0.4 is 0 Å². The third-order valence-electron chi connectivity index (χ3n) is 6.12. The number of amides is 2. The molecular formula is C29H30N2O4. The first kappa shape index (κ1) is 24.2. The van der Waals surface area contributed by atoms with Crippen LogP contribution in [-0.2, 0) is 33.8 Å². The van der Waals surface area contributed by atoms with Gasteiger partial charge in [-0.15, -0.1) is 0 Å². The van der Waals surface area contributed by atoms with Crippen LogP contribution in [0, 0.1) is 0 Å². The summed E-state index contributed by atoms with van der Waals surface area (Å²) in [5.74, 6) is -0.648. The molecule has 0 radical (unpaired) electrons. The number of hydrogen-bond donors (Lipinski definition) is 0. The standard InChI is InChI=1S/C29H30N2O4/c32-27-15-8-17-30(27)21-25-13-7-14-26(19-25)29(34)35-22-28(33)31(20-24-11-5-2-6-12-24)18-16-23-9-3-1-4-10-23/h1-7,9-14,19H,8,15-18,20-22H2. The van der Waals surface area contributed by atoms with Crippen LogP contribution in [0.5, 0.6) is 0 Å². The van der Waals surface area contributed by atoms with E-state index in [0.717, 1.165) is 29.7 Å². The summed E-state index contributed by atoms with van der Waals surface area (Å²) in [6.45, 7) is 1.86. The van der Waals surface area contributed by atoms with Crippen molar-refractivity contribution in [1.82, 2.24) is 9.80 Å². The molecule has 0 spiro atoms. The molecule has 3 aromatic rings. The first-order valence-corrected chi connectivity index (χ1v) is 12.0. The van der Waals surface area contributed by atoms with Crippen LogP contribution in [-0.4, -0.2) is 47.3 Å². The van der Waals surface area contributed by atoms with Crippen molar-refractivity contribution in [2.75, 3.05) is 19.7 Å². The summed E-state index contributed by atoms with van der Waals surface area (Å²) < 4.78 is 5.40. The molecule has 1 fully saturated rings. The Balaban J connectivity index is 1.36. The van der Waals surface area contributed by atoms with Crippen molar-refractivity contribution < 1.29 is 19.1 Å². The zero-order valence-electron chi connectivity index (χ0n) is 19.8. The molecule has 0 aliphatic carbocycles. The molecular weight excluding hydrogens is 440 g/mol. The second-order valence-electron chi connectivity index (χ2n) is 8.73. The molecule has 0 aromatic heterocycles. The molecule has 2 amide bonds. The summed E-state index contributed by atoms with van der Waals surface area (Å²) in [5.41, 5.74) is 3.41. The van der Waals surface area contributed by atoms with Gasteiger partial charge in [-0.2, -0.15) is 0 Å². The van der Waals surface area contributed by atoms with Crippen molar-refractivity contribution in [2.45, 2.75) is 32.4 Å². The van der Waals surface area contributed by atoms with Crippen molar-refractivity contribution in [1.29, 1.82) is 0 Å². The lowest BCUT2D eigenvalue weighted by molar-refractivity contribution is -0.135. The second-order valence-corrected chi connectivity index (χ2v) is 8.73. The normalized spacial score (nSPS) is 13.0. The average Bonchev–Trinajstić information content (AvgIpc) is 3.30. The van der Waals surface area contributed by atoms with Gasteiger partial charge in [0.2, 0.25) is 5.91 Å². The van der Waals surface area contributed by atoms with Crippen LogP contribution in [0.25, 0.3) is 0 Å². The molecule has 180 valence electrons. The SMILES string of the molecule is O=C(OCC(=O)N(CCc1ccccc1)Cc1ccccc1)c1cccc(CN2CCCC2=O)c1. The predicted molar refractivity (Wildman–Crippen MR) is 133 cm³/mol. The maximum absolute atomic E-state index is 13.0. The van der Waals surface area contributed by atoms with E-state index in [9.17, 15) is 14.4 Å². The molecule has 1 saturated heterocycles. The Morgan fingerprint density at radius 3 is 2.23 bits per heavy atom. The lowest BCUT2D eigenvalue weighted by Gasteiger charge is -2.23. The third kappa shape index (κ3) is 7.03. The predicted octanol–water partition coefficient (Wildman–Crippen LogP) is 4.24. The van der Waals surface area contributed by atoms with Crippen molar-refractivity contribution in [3.05, 3.63) is 107 Å². The smallest absolute Gasteiger partial charge is 0.338 e. The fourth-order valence-corrected chi connectivity index (χ4v) is 4.19. The van der Waals surface area contributed by atoms with Crippen molar-refractivity contribution in [3.63, 3.8) is 0 Å². The summed E-state index contributed by atoms with van der Waals surface area (Å²) in [5, 5.41) is 0. The number of nitrogens with zero attached hydrogens (tertiary/aromatic N) is 2. The fourth-order valence-electron chi connectivity index (χ4n) is 4.19. The maximum atomic E-state index is 13.0. The minimum absolute atomic E-state index is 0.137. The van der Waals surface area contributed by atoms with E-state index in [-0.39, 0.29) is 18.4 Å². The Hall–Kier alpha value is -3.93. The lowest BCUT2D eigenvalue weighted by atomic mass is 10.1. The Bertz CT molecular complexity index is 1150. The van der Waals surface area contributed by atoms with Crippen LogP contribution in [0.3, 0.4) is 0 Å². The number of carbonyl (C=O) groups excluding carboxylic acids is 3. The van der Waals surface area contributed by atoms with Gasteiger partial charge >= 0.3 is 5.97 Å². The summed E-state index contributed by atoms with van der Waals surface area (Å²) in [4.78, 5) is 41.2. The zero-order valence-corrected chi connectivity index (χ0v) is 19.8. The number of benzene rings is 3. The van der Waals surface area contributed by atoms with Crippen molar-refractivity contribution in [2.24, 2.45) is 0 Å². The minimum atomic E-state index is -0.546. The number of carbonyl (C=O) groups is 3. The molecule has 6 heteroatoms. The summed E-state index contributed by atoms with van der Waals surface area (Å²) in [7, 11) is 0. The van der Waals surface area contributed by atoms with Gasteiger partial charge in [0.15, 0.2) is 6.61 Å². The van der Waals surface area contributed by atoms with E-state index in [1.807, 2.05) is 66.7 Å². The largest absolute Gasteiger partial charge is 0.452 e. The van der Waals surface area contributed by atoms with E-state index in [4.69, 9.17) is 4.74 Å². The van der Waals surface area contributed by atoms with Gasteiger partial charge in [-0.25, -0.2) is 4.79 Å². The molecule has 0 atom stereocenters. The summed E-state index contributed by atoms with van der Waals surface area (Å²) >= 11 is 0. The number of likely N-dealkylation sites (tertiary alicyclic amines) is 1. The van der Waals surface area contributed by atoms with Crippen molar-refractivity contribution >= 4 is 17.8 Å². The quantitative estimate of drug-likeness (QED) is 0.416. The molecule has 0 N–H and O–H groups in total. The van der Waals surface area contributed by atoms with Gasteiger partial charge in [0, 0.05) is 32.6 Å². The Kier molecular flexibility index (Phi) is 8.28. The number of hydrogen-bond acceptors (Lipinski definition) is 4. The molecule has 4 rings (SSSR count). The van der Waals surface area contributed by atoms with Gasteiger partial charge in [-0.1, -0.05) is 72.8 Å². The van der Waals surface area contributed by atoms with E-state index < -0.39 is 5.97 Å². The monoisotopic (exact) mass is 470 g/mol. The Morgan fingerprint density at radius 2 is 1.54 bits per heavy atom.